The maximum absolute atomic E-state index is 12.4. The number of nitrogens with zero attached hydrogens (tertiary/aromatic N) is 2. The largest absolute Gasteiger partial charge is 0.506 e. The number of benzene rings is 1. The van der Waals surface area contributed by atoms with Gasteiger partial charge in [0.05, 0.1) is 18.3 Å². The number of hydrogen-bond acceptors (Lipinski definition) is 5. The summed E-state index contributed by atoms with van der Waals surface area (Å²) >= 11 is 5.94. The lowest BCUT2D eigenvalue weighted by molar-refractivity contribution is 0.0355. The number of aromatic hydroxyl groups is 1. The van der Waals surface area contributed by atoms with E-state index in [2.05, 4.69) is 9.88 Å². The molecule has 1 aromatic heterocycles. The number of likely N-dealkylation sites (tertiary alicyclic amines) is 1. The lowest BCUT2D eigenvalue weighted by Crippen LogP contribution is -2.34. The van der Waals surface area contributed by atoms with E-state index < -0.39 is 5.60 Å². The highest BCUT2D eigenvalue weighted by Gasteiger charge is 2.48. The van der Waals surface area contributed by atoms with Crippen molar-refractivity contribution in [3.63, 3.8) is 0 Å². The monoisotopic (exact) mass is 386 g/mol. The van der Waals surface area contributed by atoms with E-state index in [-0.39, 0.29) is 11.5 Å². The summed E-state index contributed by atoms with van der Waals surface area (Å²) < 4.78 is 0. The van der Waals surface area contributed by atoms with Gasteiger partial charge in [-0.25, -0.2) is 4.98 Å². The highest BCUT2D eigenvalue weighted by atomic mass is 35.5. The van der Waals surface area contributed by atoms with Gasteiger partial charge in [0.1, 0.15) is 11.4 Å². The summed E-state index contributed by atoms with van der Waals surface area (Å²) in [5.74, 6) is 0.861. The third kappa shape index (κ3) is 4.15. The number of aliphatic hydroxyl groups is 1. The van der Waals surface area contributed by atoms with Crippen molar-refractivity contribution >= 4 is 17.4 Å². The van der Waals surface area contributed by atoms with Crippen LogP contribution in [0.1, 0.15) is 28.9 Å². The molecular formula is C21H23ClN2O3. The first-order valence-corrected chi connectivity index (χ1v) is 9.65. The van der Waals surface area contributed by atoms with Gasteiger partial charge in [0.2, 0.25) is 0 Å². The topological polar surface area (TPSA) is 73.7 Å². The smallest absolute Gasteiger partial charge is 0.195 e. The number of Topliss-reactive ketones (excluding diaryl/α,β-unsaturated/α-hetero) is 1. The molecule has 2 aliphatic rings. The minimum Gasteiger partial charge on any atom is -0.506 e. The maximum atomic E-state index is 12.4. The summed E-state index contributed by atoms with van der Waals surface area (Å²) in [7, 11) is 0. The van der Waals surface area contributed by atoms with Crippen molar-refractivity contribution in [3.8, 4) is 5.75 Å². The molecule has 2 aromatic rings. The summed E-state index contributed by atoms with van der Waals surface area (Å²) in [4.78, 5) is 18.5. The molecule has 2 atom stereocenters. The van der Waals surface area contributed by atoms with Crippen molar-refractivity contribution in [2.45, 2.75) is 24.9 Å². The molecule has 6 heteroatoms. The Kier molecular flexibility index (Phi) is 4.93. The fourth-order valence-corrected chi connectivity index (χ4v) is 4.77. The molecule has 0 spiro atoms. The molecule has 1 saturated carbocycles. The number of rotatable bonds is 5. The fraction of sp³-hybridized carbons (Fsp3) is 0.429. The molecule has 1 saturated heterocycles. The second-order valence-corrected chi connectivity index (χ2v) is 8.41. The number of fused-ring (bicyclic) bond motifs is 1. The second-order valence-electron chi connectivity index (χ2n) is 7.97. The number of carbonyl (C=O) groups excluding carboxylic acids is 1. The Balaban J connectivity index is 1.33. The minimum absolute atomic E-state index is 0.0357. The van der Waals surface area contributed by atoms with Crippen molar-refractivity contribution in [1.82, 2.24) is 9.88 Å². The van der Waals surface area contributed by atoms with Crippen molar-refractivity contribution in [3.05, 3.63) is 58.9 Å². The lowest BCUT2D eigenvalue weighted by Gasteiger charge is -2.26. The highest BCUT2D eigenvalue weighted by Crippen LogP contribution is 2.45. The molecule has 2 N–H and O–H groups in total. The van der Waals surface area contributed by atoms with E-state index in [0.717, 1.165) is 31.5 Å². The van der Waals surface area contributed by atoms with Crippen LogP contribution in [0.25, 0.3) is 0 Å². The van der Waals surface area contributed by atoms with E-state index in [1.54, 1.807) is 6.07 Å². The van der Waals surface area contributed by atoms with E-state index >= 15 is 0 Å². The van der Waals surface area contributed by atoms with Crippen LogP contribution in [0.2, 0.25) is 5.02 Å². The molecule has 1 aliphatic heterocycles. The Bertz CT molecular complexity index is 808. The number of pyridine rings is 1. The molecule has 0 amide bonds. The molecule has 1 aliphatic carbocycles. The van der Waals surface area contributed by atoms with Gasteiger partial charge < -0.3 is 10.2 Å². The molecular weight excluding hydrogens is 364 g/mol. The van der Waals surface area contributed by atoms with E-state index in [0.29, 0.717) is 35.5 Å². The predicted octanol–water partition coefficient (Wildman–Crippen LogP) is 2.94. The third-order valence-corrected chi connectivity index (χ3v) is 6.04. The molecule has 2 fully saturated rings. The van der Waals surface area contributed by atoms with Gasteiger partial charge in [-0.15, -0.1) is 0 Å². The van der Waals surface area contributed by atoms with Crippen LogP contribution in [0.5, 0.6) is 5.75 Å². The van der Waals surface area contributed by atoms with Crippen LogP contribution in [0.15, 0.2) is 42.6 Å². The Hall–Kier alpha value is -1.95. The van der Waals surface area contributed by atoms with Crippen molar-refractivity contribution in [2.75, 3.05) is 19.6 Å². The average molecular weight is 387 g/mol. The minimum atomic E-state index is -0.669. The molecule has 27 heavy (non-hydrogen) atoms. The van der Waals surface area contributed by atoms with Crippen LogP contribution in [0, 0.1) is 11.8 Å². The average Bonchev–Trinajstić information content (AvgIpc) is 3.11. The number of hydrogen-bond donors (Lipinski definition) is 2. The summed E-state index contributed by atoms with van der Waals surface area (Å²) in [6.45, 7) is 2.00. The van der Waals surface area contributed by atoms with Crippen molar-refractivity contribution < 1.29 is 15.0 Å². The normalized spacial score (nSPS) is 27.6. The third-order valence-electron chi connectivity index (χ3n) is 5.78. The SMILES string of the molecule is O=C(CN1CC2CC(O)(Cc3ccc(Cl)cc3)CC2C1)c1ccc(O)cn1. The molecule has 2 unspecified atom stereocenters. The van der Waals surface area contributed by atoms with Crippen molar-refractivity contribution in [2.24, 2.45) is 11.8 Å². The van der Waals surface area contributed by atoms with E-state index in [1.165, 1.54) is 12.3 Å². The zero-order valence-corrected chi connectivity index (χ0v) is 15.8. The number of aromatic nitrogens is 1. The van der Waals surface area contributed by atoms with Crippen LogP contribution in [0.4, 0.5) is 0 Å². The van der Waals surface area contributed by atoms with Gasteiger partial charge in [-0.3, -0.25) is 9.69 Å². The Labute approximate surface area is 163 Å². The van der Waals surface area contributed by atoms with Gasteiger partial charge >= 0.3 is 0 Å². The fourth-order valence-electron chi connectivity index (χ4n) is 4.65. The van der Waals surface area contributed by atoms with Crippen LogP contribution in [-0.2, 0) is 6.42 Å². The Morgan fingerprint density at radius 3 is 2.41 bits per heavy atom. The Morgan fingerprint density at radius 1 is 1.15 bits per heavy atom. The van der Waals surface area contributed by atoms with Gasteiger partial charge in [0.25, 0.3) is 0 Å². The van der Waals surface area contributed by atoms with Crippen LogP contribution >= 0.6 is 11.6 Å². The molecule has 0 radical (unpaired) electrons. The van der Waals surface area contributed by atoms with Crippen LogP contribution in [-0.4, -0.2) is 51.1 Å². The zero-order chi connectivity index (χ0) is 19.0. The Morgan fingerprint density at radius 2 is 1.81 bits per heavy atom. The summed E-state index contributed by atoms with van der Waals surface area (Å²) in [5, 5.41) is 21.0. The second kappa shape index (κ2) is 7.23. The van der Waals surface area contributed by atoms with Gasteiger partial charge in [0.15, 0.2) is 5.78 Å². The molecule has 142 valence electrons. The van der Waals surface area contributed by atoms with E-state index in [9.17, 15) is 15.0 Å². The number of halogens is 1. The van der Waals surface area contributed by atoms with Gasteiger partial charge in [0, 0.05) is 24.5 Å². The van der Waals surface area contributed by atoms with E-state index in [4.69, 9.17) is 11.6 Å². The quantitative estimate of drug-likeness (QED) is 0.773. The van der Waals surface area contributed by atoms with Crippen molar-refractivity contribution in [1.29, 1.82) is 0 Å². The standard InChI is InChI=1S/C21H23ClN2O3/c22-17-3-1-14(2-4-17)7-21(27)8-15-11-24(12-16(15)9-21)13-20(26)19-6-5-18(25)10-23-19/h1-6,10,15-16,25,27H,7-9,11-13H2. The summed E-state index contributed by atoms with van der Waals surface area (Å²) in [6, 6.07) is 10.7. The first-order chi connectivity index (χ1) is 12.9. The van der Waals surface area contributed by atoms with Crippen LogP contribution in [0.3, 0.4) is 0 Å². The molecule has 1 aromatic carbocycles. The summed E-state index contributed by atoms with van der Waals surface area (Å²) in [5.41, 5.74) is 0.814. The van der Waals surface area contributed by atoms with Crippen LogP contribution < -0.4 is 0 Å². The number of carbonyl (C=O) groups is 1. The zero-order valence-electron chi connectivity index (χ0n) is 15.0. The predicted molar refractivity (Wildman–Crippen MR) is 103 cm³/mol. The number of ketones is 1. The molecule has 4 rings (SSSR count). The highest BCUT2D eigenvalue weighted by molar-refractivity contribution is 6.30. The molecule has 5 nitrogen and oxygen atoms in total. The first kappa shape index (κ1) is 18.4. The van der Waals surface area contributed by atoms with Gasteiger partial charge in [-0.05, 0) is 54.5 Å². The van der Waals surface area contributed by atoms with Gasteiger partial charge in [-0.1, -0.05) is 23.7 Å². The van der Waals surface area contributed by atoms with Gasteiger partial charge in [-0.2, -0.15) is 0 Å². The summed E-state index contributed by atoms with van der Waals surface area (Å²) in [6.07, 6.45) is 3.47. The molecule has 0 bridgehead atoms. The maximum Gasteiger partial charge on any atom is 0.195 e. The lowest BCUT2D eigenvalue weighted by atomic mass is 9.91. The first-order valence-electron chi connectivity index (χ1n) is 9.28. The van der Waals surface area contributed by atoms with E-state index in [1.807, 2.05) is 24.3 Å². The molecule has 2 heterocycles.